The molecule has 0 aliphatic rings. The van der Waals surface area contributed by atoms with Gasteiger partial charge in [0, 0.05) is 10.9 Å². The molecular formula is C10H15NOS. The van der Waals surface area contributed by atoms with Gasteiger partial charge in [0.1, 0.15) is 0 Å². The van der Waals surface area contributed by atoms with Gasteiger partial charge in [-0.3, -0.25) is 0 Å². The van der Waals surface area contributed by atoms with Crippen molar-refractivity contribution in [2.24, 2.45) is 5.73 Å². The van der Waals surface area contributed by atoms with Gasteiger partial charge in [0.05, 0.1) is 6.10 Å². The van der Waals surface area contributed by atoms with Crippen LogP contribution >= 0.6 is 11.8 Å². The fourth-order valence-corrected chi connectivity index (χ4v) is 1.51. The molecule has 3 heteroatoms. The van der Waals surface area contributed by atoms with E-state index in [1.54, 1.807) is 18.7 Å². The Morgan fingerprint density at radius 2 is 1.85 bits per heavy atom. The Labute approximate surface area is 83.1 Å². The lowest BCUT2D eigenvalue weighted by Gasteiger charge is -2.14. The minimum absolute atomic E-state index is 0.222. The van der Waals surface area contributed by atoms with Gasteiger partial charge in [-0.1, -0.05) is 12.1 Å². The van der Waals surface area contributed by atoms with Crippen LogP contribution in [0.25, 0.3) is 0 Å². The number of benzene rings is 1. The predicted molar refractivity (Wildman–Crippen MR) is 56.8 cm³/mol. The van der Waals surface area contributed by atoms with E-state index in [9.17, 15) is 5.11 Å². The van der Waals surface area contributed by atoms with E-state index in [0.29, 0.717) is 0 Å². The Morgan fingerprint density at radius 1 is 1.31 bits per heavy atom. The summed E-state index contributed by atoms with van der Waals surface area (Å²) in [5.41, 5.74) is 6.47. The number of nitrogens with two attached hydrogens (primary N) is 1. The van der Waals surface area contributed by atoms with Gasteiger partial charge >= 0.3 is 0 Å². The third kappa shape index (κ3) is 2.72. The van der Waals surface area contributed by atoms with E-state index in [0.717, 1.165) is 5.56 Å². The third-order valence-corrected chi connectivity index (χ3v) is 2.70. The summed E-state index contributed by atoms with van der Waals surface area (Å²) in [4.78, 5) is 1.20. The van der Waals surface area contributed by atoms with Gasteiger partial charge in [-0.15, -0.1) is 11.8 Å². The zero-order valence-electron chi connectivity index (χ0n) is 7.90. The van der Waals surface area contributed by atoms with Crippen molar-refractivity contribution in [1.29, 1.82) is 0 Å². The van der Waals surface area contributed by atoms with E-state index < -0.39 is 6.10 Å². The molecule has 0 saturated heterocycles. The zero-order chi connectivity index (χ0) is 9.84. The lowest BCUT2D eigenvalue weighted by Crippen LogP contribution is -2.24. The summed E-state index contributed by atoms with van der Waals surface area (Å²) >= 11 is 1.68. The molecule has 0 radical (unpaired) electrons. The average molecular weight is 197 g/mol. The van der Waals surface area contributed by atoms with Crippen LogP contribution in [0.5, 0.6) is 0 Å². The first-order valence-electron chi connectivity index (χ1n) is 4.22. The molecule has 0 amide bonds. The Balaban J connectivity index is 2.79. The minimum atomic E-state index is -0.559. The van der Waals surface area contributed by atoms with Crippen LogP contribution < -0.4 is 5.73 Å². The van der Waals surface area contributed by atoms with Gasteiger partial charge in [0.2, 0.25) is 0 Å². The molecule has 1 aromatic rings. The van der Waals surface area contributed by atoms with Crippen molar-refractivity contribution in [3.63, 3.8) is 0 Å². The zero-order valence-corrected chi connectivity index (χ0v) is 8.71. The van der Waals surface area contributed by atoms with Crippen LogP contribution in [0.15, 0.2) is 29.2 Å². The Kier molecular flexibility index (Phi) is 3.78. The van der Waals surface area contributed by atoms with Gasteiger partial charge in [0.15, 0.2) is 0 Å². The van der Waals surface area contributed by atoms with Crippen LogP contribution in [0.1, 0.15) is 18.6 Å². The normalized spacial score (nSPS) is 15.4. The van der Waals surface area contributed by atoms with Crippen molar-refractivity contribution < 1.29 is 5.11 Å². The second kappa shape index (κ2) is 4.65. The van der Waals surface area contributed by atoms with E-state index in [2.05, 4.69) is 0 Å². The standard InChI is InChI=1S/C10H15NOS/c1-7(11)10(12)8-3-5-9(13-2)6-4-8/h3-7,10,12H,11H2,1-2H3/t7-,10-/m1/s1. The van der Waals surface area contributed by atoms with E-state index in [1.807, 2.05) is 30.5 Å². The van der Waals surface area contributed by atoms with Crippen molar-refractivity contribution >= 4 is 11.8 Å². The molecule has 0 aromatic heterocycles. The molecule has 0 unspecified atom stereocenters. The van der Waals surface area contributed by atoms with Gasteiger partial charge in [-0.25, -0.2) is 0 Å². The number of thioether (sulfide) groups is 1. The molecule has 0 spiro atoms. The number of aliphatic hydroxyl groups excluding tert-OH is 1. The van der Waals surface area contributed by atoms with Crippen molar-refractivity contribution in [2.45, 2.75) is 24.0 Å². The highest BCUT2D eigenvalue weighted by atomic mass is 32.2. The topological polar surface area (TPSA) is 46.2 Å². The number of hydrogen-bond donors (Lipinski definition) is 2. The summed E-state index contributed by atoms with van der Waals surface area (Å²) in [7, 11) is 0. The second-order valence-electron chi connectivity index (χ2n) is 3.08. The lowest BCUT2D eigenvalue weighted by molar-refractivity contribution is 0.153. The van der Waals surface area contributed by atoms with E-state index >= 15 is 0 Å². The number of aliphatic hydroxyl groups is 1. The maximum absolute atomic E-state index is 9.63. The first kappa shape index (κ1) is 10.6. The third-order valence-electron chi connectivity index (χ3n) is 1.96. The molecule has 0 saturated carbocycles. The van der Waals surface area contributed by atoms with Crippen LogP contribution in [0, 0.1) is 0 Å². The molecule has 0 aliphatic heterocycles. The summed E-state index contributed by atoms with van der Waals surface area (Å²) in [6.45, 7) is 1.80. The molecule has 1 aromatic carbocycles. The average Bonchev–Trinajstić information content (AvgIpc) is 2.17. The highest BCUT2D eigenvalue weighted by molar-refractivity contribution is 7.98. The van der Waals surface area contributed by atoms with Crippen LogP contribution in [0.3, 0.4) is 0 Å². The largest absolute Gasteiger partial charge is 0.387 e. The molecule has 13 heavy (non-hydrogen) atoms. The van der Waals surface area contributed by atoms with E-state index in [4.69, 9.17) is 5.73 Å². The van der Waals surface area contributed by atoms with Crippen LogP contribution in [0.4, 0.5) is 0 Å². The molecule has 0 fully saturated rings. The lowest BCUT2D eigenvalue weighted by atomic mass is 10.0. The van der Waals surface area contributed by atoms with Crippen molar-refractivity contribution in [3.8, 4) is 0 Å². The number of hydrogen-bond acceptors (Lipinski definition) is 3. The quantitative estimate of drug-likeness (QED) is 0.726. The first-order valence-corrected chi connectivity index (χ1v) is 5.45. The fourth-order valence-electron chi connectivity index (χ4n) is 1.10. The molecule has 3 N–H and O–H groups in total. The molecule has 2 atom stereocenters. The monoisotopic (exact) mass is 197 g/mol. The Bertz CT molecular complexity index is 258. The van der Waals surface area contributed by atoms with Crippen LogP contribution in [-0.4, -0.2) is 17.4 Å². The van der Waals surface area contributed by atoms with Gasteiger partial charge in [0.25, 0.3) is 0 Å². The molecule has 0 heterocycles. The summed E-state index contributed by atoms with van der Waals surface area (Å²) in [6.07, 6.45) is 1.47. The Morgan fingerprint density at radius 3 is 2.23 bits per heavy atom. The Hall–Kier alpha value is -0.510. The summed E-state index contributed by atoms with van der Waals surface area (Å²) in [6, 6.07) is 7.59. The molecule has 0 bridgehead atoms. The predicted octanol–water partition coefficient (Wildman–Crippen LogP) is 1.79. The molecule has 72 valence electrons. The SMILES string of the molecule is CSc1ccc([C@H](O)[C@@H](C)N)cc1. The summed E-state index contributed by atoms with van der Waals surface area (Å²) in [5, 5.41) is 9.63. The van der Waals surface area contributed by atoms with Crippen molar-refractivity contribution in [3.05, 3.63) is 29.8 Å². The van der Waals surface area contributed by atoms with Gasteiger partial charge in [-0.05, 0) is 30.9 Å². The van der Waals surface area contributed by atoms with Gasteiger partial charge in [-0.2, -0.15) is 0 Å². The van der Waals surface area contributed by atoms with Crippen molar-refractivity contribution in [2.75, 3.05) is 6.26 Å². The van der Waals surface area contributed by atoms with Crippen LogP contribution in [-0.2, 0) is 0 Å². The minimum Gasteiger partial charge on any atom is -0.387 e. The fraction of sp³-hybridized carbons (Fsp3) is 0.400. The molecule has 1 rings (SSSR count). The van der Waals surface area contributed by atoms with Crippen LogP contribution in [0.2, 0.25) is 0 Å². The highest BCUT2D eigenvalue weighted by Gasteiger charge is 2.11. The smallest absolute Gasteiger partial charge is 0.0938 e. The van der Waals surface area contributed by atoms with E-state index in [1.165, 1.54) is 4.90 Å². The van der Waals surface area contributed by atoms with Crippen molar-refractivity contribution in [1.82, 2.24) is 0 Å². The molecule has 0 aliphatic carbocycles. The number of rotatable bonds is 3. The molecular weight excluding hydrogens is 182 g/mol. The summed E-state index contributed by atoms with van der Waals surface area (Å²) < 4.78 is 0. The molecule has 2 nitrogen and oxygen atoms in total. The summed E-state index contributed by atoms with van der Waals surface area (Å²) in [5.74, 6) is 0. The maximum Gasteiger partial charge on any atom is 0.0938 e. The second-order valence-corrected chi connectivity index (χ2v) is 3.96. The van der Waals surface area contributed by atoms with Gasteiger partial charge < -0.3 is 10.8 Å². The maximum atomic E-state index is 9.63. The highest BCUT2D eigenvalue weighted by Crippen LogP contribution is 2.20. The first-order chi connectivity index (χ1) is 6.15. The van der Waals surface area contributed by atoms with E-state index in [-0.39, 0.29) is 6.04 Å².